The summed E-state index contributed by atoms with van der Waals surface area (Å²) < 4.78 is 38.5. The average molecular weight is 708 g/mol. The summed E-state index contributed by atoms with van der Waals surface area (Å²) in [5.74, 6) is -0.663. The third-order valence-electron chi connectivity index (χ3n) is 8.59. The summed E-state index contributed by atoms with van der Waals surface area (Å²) in [5, 5.41) is 136. The molecule has 0 unspecified atom stereocenters. The fourth-order valence-corrected chi connectivity index (χ4v) is 5.84. The third-order valence-corrected chi connectivity index (χ3v) is 8.59. The Labute approximate surface area is 272 Å². The molecule has 0 aliphatic carbocycles. The Morgan fingerprint density at radius 1 is 0.542 bits per heavy atom. The first-order valence-corrected chi connectivity index (χ1v) is 15.1. The van der Waals surface area contributed by atoms with Crippen molar-refractivity contribution < 1.29 is 104 Å². The van der Waals surface area contributed by atoms with E-state index in [0.717, 1.165) is 6.92 Å². The van der Waals surface area contributed by atoms with Crippen molar-refractivity contribution in [2.45, 2.75) is 130 Å². The van der Waals surface area contributed by atoms with Crippen LogP contribution in [0.1, 0.15) is 6.92 Å². The summed E-state index contributed by atoms with van der Waals surface area (Å²) in [7, 11) is 0. The standard InChI is InChI=1S/C26H45NO21/c1-6(31)27-11-15(35)12(32)7(2-28)44-24(11)42-5-10-14(34)22(48-25-19(39)16(36)13(33)8(3-29)45-25)20(40)26(46-10)47-21-9(4-30)43-23(41)18(38)17(21)37/h7-26,28-30,32-41H,2-5H2,1H3,(H,27,31)/t7-,8-,9-,10-,11-,12-,13+,14+,15-,16+,17-,18-,19-,20-,21-,22+,23-,24-,25+,26+/m1/s1. The fraction of sp³-hybridized carbons (Fsp3) is 0.962. The van der Waals surface area contributed by atoms with Crippen LogP contribution >= 0.6 is 0 Å². The summed E-state index contributed by atoms with van der Waals surface area (Å²) in [6, 6.07) is -1.41. The second-order valence-electron chi connectivity index (χ2n) is 11.9. The Balaban J connectivity index is 1.59. The van der Waals surface area contributed by atoms with Crippen LogP contribution in [0.4, 0.5) is 0 Å². The van der Waals surface area contributed by atoms with Crippen LogP contribution in [0.5, 0.6) is 0 Å². The molecule has 20 atom stereocenters. The topological polar surface area (TPSA) is 357 Å². The van der Waals surface area contributed by atoms with E-state index in [1.54, 1.807) is 0 Å². The highest BCUT2D eigenvalue weighted by Crippen LogP contribution is 2.33. The van der Waals surface area contributed by atoms with Gasteiger partial charge < -0.3 is 105 Å². The van der Waals surface area contributed by atoms with Crippen molar-refractivity contribution in [1.29, 1.82) is 0 Å². The number of hydrogen-bond donors (Lipinski definition) is 14. The van der Waals surface area contributed by atoms with Gasteiger partial charge in [-0.1, -0.05) is 0 Å². The molecule has 0 bridgehead atoms. The van der Waals surface area contributed by atoms with E-state index >= 15 is 0 Å². The zero-order valence-corrected chi connectivity index (χ0v) is 25.5. The lowest BCUT2D eigenvalue weighted by Gasteiger charge is -2.48. The molecule has 0 saturated carbocycles. The first-order valence-electron chi connectivity index (χ1n) is 15.1. The Kier molecular flexibility index (Phi) is 13.8. The van der Waals surface area contributed by atoms with Gasteiger partial charge in [0.1, 0.15) is 97.6 Å². The minimum absolute atomic E-state index is 0.663. The Morgan fingerprint density at radius 3 is 1.65 bits per heavy atom. The van der Waals surface area contributed by atoms with Crippen LogP contribution in [0, 0.1) is 0 Å². The highest BCUT2D eigenvalue weighted by molar-refractivity contribution is 5.73. The monoisotopic (exact) mass is 707 g/mol. The molecule has 0 spiro atoms. The Morgan fingerprint density at radius 2 is 1.06 bits per heavy atom. The lowest BCUT2D eigenvalue weighted by molar-refractivity contribution is -0.382. The van der Waals surface area contributed by atoms with Gasteiger partial charge in [-0.25, -0.2) is 0 Å². The molecule has 4 saturated heterocycles. The number of rotatable bonds is 11. The molecule has 280 valence electrons. The van der Waals surface area contributed by atoms with Crippen molar-refractivity contribution in [2.75, 3.05) is 26.4 Å². The van der Waals surface area contributed by atoms with Gasteiger partial charge >= 0.3 is 0 Å². The van der Waals surface area contributed by atoms with Gasteiger partial charge in [0.15, 0.2) is 25.2 Å². The predicted molar refractivity (Wildman–Crippen MR) is 145 cm³/mol. The van der Waals surface area contributed by atoms with E-state index in [2.05, 4.69) is 5.32 Å². The molecular formula is C26H45NO21. The lowest BCUT2D eigenvalue weighted by Crippen LogP contribution is -2.67. The molecule has 4 aliphatic rings. The van der Waals surface area contributed by atoms with Gasteiger partial charge in [-0.05, 0) is 0 Å². The molecule has 4 heterocycles. The van der Waals surface area contributed by atoms with Crippen molar-refractivity contribution in [3.8, 4) is 0 Å². The second kappa shape index (κ2) is 16.8. The molecule has 0 aromatic heterocycles. The van der Waals surface area contributed by atoms with E-state index in [4.69, 9.17) is 33.2 Å². The van der Waals surface area contributed by atoms with Gasteiger partial charge in [-0.2, -0.15) is 0 Å². The molecule has 22 nitrogen and oxygen atoms in total. The first-order chi connectivity index (χ1) is 22.6. The van der Waals surface area contributed by atoms with E-state index in [0.29, 0.717) is 0 Å². The molecule has 4 aliphatic heterocycles. The third kappa shape index (κ3) is 8.24. The molecule has 0 radical (unpaired) electrons. The van der Waals surface area contributed by atoms with Crippen molar-refractivity contribution in [3.05, 3.63) is 0 Å². The molecule has 48 heavy (non-hydrogen) atoms. The van der Waals surface area contributed by atoms with Gasteiger partial charge in [0.2, 0.25) is 5.91 Å². The van der Waals surface area contributed by atoms with Crippen LogP contribution < -0.4 is 5.32 Å². The largest absolute Gasteiger partial charge is 0.394 e. The van der Waals surface area contributed by atoms with Gasteiger partial charge in [0, 0.05) is 6.92 Å². The molecule has 14 N–H and O–H groups in total. The SMILES string of the molecule is CC(=O)N[C@H]1[C@H](OC[C@H]2O[C@@H](O[C@H]3[C@H](O)[C@@H](O)[C@H](O)O[C@@H]3CO)[C@H](O)[C@@H](O[C@@H]3O[C@H](CO)[C@H](O)[C@H](O)[C@H]3O)[C@H]2O)O[C@H](CO)[C@@H](O)[C@@H]1O. The summed E-state index contributed by atoms with van der Waals surface area (Å²) in [4.78, 5) is 11.8. The number of ether oxygens (including phenoxy) is 7. The van der Waals surface area contributed by atoms with Crippen LogP contribution in [0.15, 0.2) is 0 Å². The van der Waals surface area contributed by atoms with Gasteiger partial charge in [-0.15, -0.1) is 0 Å². The number of aliphatic hydroxyl groups excluding tert-OH is 13. The van der Waals surface area contributed by atoms with Gasteiger partial charge in [-0.3, -0.25) is 4.79 Å². The maximum absolute atomic E-state index is 11.8. The van der Waals surface area contributed by atoms with E-state index in [1.165, 1.54) is 0 Å². The van der Waals surface area contributed by atoms with Crippen molar-refractivity contribution in [1.82, 2.24) is 5.32 Å². The van der Waals surface area contributed by atoms with Crippen molar-refractivity contribution in [3.63, 3.8) is 0 Å². The number of carbonyl (C=O) groups is 1. The zero-order valence-electron chi connectivity index (χ0n) is 25.5. The first kappa shape index (κ1) is 39.5. The minimum Gasteiger partial charge on any atom is -0.394 e. The molecule has 4 rings (SSSR count). The van der Waals surface area contributed by atoms with Crippen molar-refractivity contribution in [2.24, 2.45) is 0 Å². The molecule has 1 amide bonds. The molecule has 0 aromatic rings. The highest BCUT2D eigenvalue weighted by atomic mass is 16.8. The summed E-state index contributed by atoms with van der Waals surface area (Å²) in [6.45, 7) is -2.11. The van der Waals surface area contributed by atoms with Crippen LogP contribution in [0.25, 0.3) is 0 Å². The van der Waals surface area contributed by atoms with Crippen molar-refractivity contribution >= 4 is 5.91 Å². The van der Waals surface area contributed by atoms with E-state index in [-0.39, 0.29) is 0 Å². The number of carbonyl (C=O) groups excluding carboxylic acids is 1. The van der Waals surface area contributed by atoms with Crippen LogP contribution in [-0.2, 0) is 38.0 Å². The summed E-state index contributed by atoms with van der Waals surface area (Å²) in [6.07, 6.45) is -33.8. The highest BCUT2D eigenvalue weighted by Gasteiger charge is 2.54. The van der Waals surface area contributed by atoms with E-state index in [1.807, 2.05) is 0 Å². The van der Waals surface area contributed by atoms with Crippen LogP contribution in [0.3, 0.4) is 0 Å². The van der Waals surface area contributed by atoms with Gasteiger partial charge in [0.05, 0.1) is 26.4 Å². The Bertz CT molecular complexity index is 1030. The molecule has 4 fully saturated rings. The van der Waals surface area contributed by atoms with Crippen LogP contribution in [-0.4, -0.2) is 221 Å². The fourth-order valence-electron chi connectivity index (χ4n) is 5.84. The predicted octanol–water partition coefficient (Wildman–Crippen LogP) is -9.61. The minimum atomic E-state index is -2.06. The number of hydrogen-bond acceptors (Lipinski definition) is 21. The number of amides is 1. The molecular weight excluding hydrogens is 662 g/mol. The second-order valence-corrected chi connectivity index (χ2v) is 11.9. The maximum atomic E-state index is 11.8. The molecule has 0 aromatic carbocycles. The average Bonchev–Trinajstić information content (AvgIpc) is 3.06. The summed E-state index contributed by atoms with van der Waals surface area (Å²) in [5.41, 5.74) is 0. The quantitative estimate of drug-likeness (QED) is 0.0947. The zero-order chi connectivity index (χ0) is 35.6. The summed E-state index contributed by atoms with van der Waals surface area (Å²) >= 11 is 0. The maximum Gasteiger partial charge on any atom is 0.217 e. The van der Waals surface area contributed by atoms with Gasteiger partial charge in [0.25, 0.3) is 0 Å². The van der Waals surface area contributed by atoms with E-state index in [9.17, 15) is 71.2 Å². The smallest absolute Gasteiger partial charge is 0.217 e. The normalized spacial score (nSPS) is 50.2. The van der Waals surface area contributed by atoms with Crippen LogP contribution in [0.2, 0.25) is 0 Å². The van der Waals surface area contributed by atoms with E-state index < -0.39 is 155 Å². The molecule has 22 heteroatoms. The number of nitrogens with one attached hydrogen (secondary N) is 1. The Hall–Kier alpha value is -1.33. The number of aliphatic hydroxyl groups is 13. The lowest BCUT2D eigenvalue weighted by atomic mass is 9.95.